The van der Waals surface area contributed by atoms with Gasteiger partial charge in [0.05, 0.1) is 11.9 Å². The van der Waals surface area contributed by atoms with E-state index >= 15 is 0 Å². The van der Waals surface area contributed by atoms with Gasteiger partial charge in [-0.2, -0.15) is 0 Å². The molecule has 32 heavy (non-hydrogen) atoms. The van der Waals surface area contributed by atoms with Crippen molar-refractivity contribution in [1.82, 2.24) is 14.6 Å². The topological polar surface area (TPSA) is 99.4 Å². The van der Waals surface area contributed by atoms with E-state index in [1.807, 2.05) is 10.8 Å². The number of nitrogen functional groups attached to an aromatic ring is 1. The summed E-state index contributed by atoms with van der Waals surface area (Å²) in [6, 6.07) is 10.2. The fourth-order valence-corrected chi connectivity index (χ4v) is 3.67. The van der Waals surface area contributed by atoms with Crippen molar-refractivity contribution in [2.75, 3.05) is 12.3 Å². The van der Waals surface area contributed by atoms with Gasteiger partial charge in [0.1, 0.15) is 5.75 Å². The van der Waals surface area contributed by atoms with Crippen LogP contribution in [0.3, 0.4) is 0 Å². The number of benzene rings is 2. The lowest BCUT2D eigenvalue weighted by molar-refractivity contribution is -0.274. The van der Waals surface area contributed by atoms with E-state index in [1.54, 1.807) is 30.7 Å². The van der Waals surface area contributed by atoms with Gasteiger partial charge in [-0.25, -0.2) is 10.8 Å². The number of hydrogen-bond acceptors (Lipinski definition) is 5. The first-order valence-corrected chi connectivity index (χ1v) is 9.92. The standard InChI is InChI=1S/C22H22F3N5O2/c23-22(24,25)32-17-4-1-15(2-5-17)16-3-6-19(26)18(11-16)20(31)30(27)13-21(7-8-21)12-29-10-9-28-14-29/h1-6,9-11,14H,7-8,12-13,26-27H2. The van der Waals surface area contributed by atoms with Gasteiger partial charge in [-0.1, -0.05) is 18.2 Å². The maximum atomic E-state index is 13.0. The first-order valence-electron chi connectivity index (χ1n) is 9.92. The number of carbonyl (C=O) groups is 1. The quantitative estimate of drug-likeness (QED) is 0.249. The van der Waals surface area contributed by atoms with Crippen LogP contribution in [0.4, 0.5) is 18.9 Å². The van der Waals surface area contributed by atoms with E-state index in [0.717, 1.165) is 19.4 Å². The summed E-state index contributed by atoms with van der Waals surface area (Å²) >= 11 is 0. The summed E-state index contributed by atoms with van der Waals surface area (Å²) in [5, 5.41) is 1.18. The average molecular weight is 445 g/mol. The maximum Gasteiger partial charge on any atom is 0.573 e. The Hall–Kier alpha value is -3.53. The van der Waals surface area contributed by atoms with Crippen LogP contribution in [-0.4, -0.2) is 33.4 Å². The third-order valence-corrected chi connectivity index (χ3v) is 5.51. The second-order valence-corrected chi connectivity index (χ2v) is 8.04. The number of imidazole rings is 1. The smallest absolute Gasteiger partial charge is 0.406 e. The highest BCUT2D eigenvalue weighted by atomic mass is 19.4. The number of amides is 1. The monoisotopic (exact) mass is 445 g/mol. The van der Waals surface area contributed by atoms with E-state index in [-0.39, 0.29) is 22.4 Å². The number of nitrogens with two attached hydrogens (primary N) is 2. The van der Waals surface area contributed by atoms with E-state index in [9.17, 15) is 18.0 Å². The van der Waals surface area contributed by atoms with E-state index < -0.39 is 12.3 Å². The van der Waals surface area contributed by atoms with Crippen molar-refractivity contribution in [3.63, 3.8) is 0 Å². The highest BCUT2D eigenvalue weighted by molar-refractivity contribution is 6.00. The van der Waals surface area contributed by atoms with E-state index in [0.29, 0.717) is 17.7 Å². The molecule has 10 heteroatoms. The molecule has 1 heterocycles. The molecule has 168 valence electrons. The Balaban J connectivity index is 1.49. The Kier molecular flexibility index (Phi) is 5.55. The molecule has 0 spiro atoms. The Morgan fingerprint density at radius 2 is 1.84 bits per heavy atom. The summed E-state index contributed by atoms with van der Waals surface area (Å²) in [7, 11) is 0. The van der Waals surface area contributed by atoms with Crippen molar-refractivity contribution in [2.45, 2.75) is 25.7 Å². The van der Waals surface area contributed by atoms with Crippen LogP contribution in [0, 0.1) is 5.41 Å². The largest absolute Gasteiger partial charge is 0.573 e. The first kappa shape index (κ1) is 21.7. The molecule has 0 aliphatic heterocycles. The molecule has 2 aromatic carbocycles. The minimum atomic E-state index is -4.76. The zero-order valence-electron chi connectivity index (χ0n) is 17.0. The Morgan fingerprint density at radius 1 is 1.16 bits per heavy atom. The number of aromatic nitrogens is 2. The van der Waals surface area contributed by atoms with Crippen LogP contribution in [-0.2, 0) is 6.54 Å². The summed E-state index contributed by atoms with van der Waals surface area (Å²) in [5.41, 5.74) is 7.67. The number of anilines is 1. The van der Waals surface area contributed by atoms with Crippen molar-refractivity contribution < 1.29 is 22.7 Å². The van der Waals surface area contributed by atoms with Gasteiger partial charge in [-0.3, -0.25) is 9.80 Å². The van der Waals surface area contributed by atoms with Crippen molar-refractivity contribution >= 4 is 11.6 Å². The highest BCUT2D eigenvalue weighted by Crippen LogP contribution is 2.47. The molecule has 3 aromatic rings. The van der Waals surface area contributed by atoms with Crippen LogP contribution < -0.4 is 16.3 Å². The number of nitrogens with zero attached hydrogens (tertiary/aromatic N) is 3. The molecule has 4 N–H and O–H groups in total. The summed E-state index contributed by atoms with van der Waals surface area (Å²) in [4.78, 5) is 17.1. The molecular formula is C22H22F3N5O2. The van der Waals surface area contributed by atoms with Gasteiger partial charge in [-0.15, -0.1) is 13.2 Å². The lowest BCUT2D eigenvalue weighted by atomic mass is 10.0. The zero-order chi connectivity index (χ0) is 22.9. The Labute approximate surface area is 182 Å². The molecule has 0 bridgehead atoms. The van der Waals surface area contributed by atoms with Gasteiger partial charge in [-0.05, 0) is 48.2 Å². The van der Waals surface area contributed by atoms with E-state index in [4.69, 9.17) is 11.6 Å². The molecule has 1 aliphatic rings. The van der Waals surface area contributed by atoms with Crippen molar-refractivity contribution in [2.24, 2.45) is 11.3 Å². The zero-order valence-corrected chi connectivity index (χ0v) is 17.0. The minimum absolute atomic E-state index is 0.0915. The maximum absolute atomic E-state index is 13.0. The molecular weight excluding hydrogens is 423 g/mol. The molecule has 1 aliphatic carbocycles. The predicted molar refractivity (Wildman–Crippen MR) is 112 cm³/mol. The normalized spacial score (nSPS) is 14.8. The Bertz CT molecular complexity index is 1090. The fourth-order valence-electron chi connectivity index (χ4n) is 3.67. The van der Waals surface area contributed by atoms with Gasteiger partial charge in [0, 0.05) is 36.6 Å². The molecule has 0 saturated heterocycles. The van der Waals surface area contributed by atoms with E-state index in [1.165, 1.54) is 29.3 Å². The Morgan fingerprint density at radius 3 is 2.44 bits per heavy atom. The lowest BCUT2D eigenvalue weighted by Gasteiger charge is -2.24. The number of hydrogen-bond donors (Lipinski definition) is 2. The van der Waals surface area contributed by atoms with Crippen LogP contribution in [0.1, 0.15) is 23.2 Å². The molecule has 0 radical (unpaired) electrons. The molecule has 4 rings (SSSR count). The number of ether oxygens (including phenoxy) is 1. The van der Waals surface area contributed by atoms with Crippen LogP contribution in [0.15, 0.2) is 61.2 Å². The molecule has 0 unspecified atom stereocenters. The molecule has 1 fully saturated rings. The second kappa shape index (κ2) is 8.19. The lowest BCUT2D eigenvalue weighted by Crippen LogP contribution is -2.42. The summed E-state index contributed by atoms with van der Waals surface area (Å²) in [5.74, 6) is 5.38. The number of alkyl halides is 3. The number of rotatable bonds is 7. The number of hydrazine groups is 1. The van der Waals surface area contributed by atoms with Crippen LogP contribution in [0.25, 0.3) is 11.1 Å². The number of halogens is 3. The SMILES string of the molecule is Nc1ccc(-c2ccc(OC(F)(F)F)cc2)cc1C(=O)N(N)CC1(Cn2ccnc2)CC1. The van der Waals surface area contributed by atoms with Gasteiger partial charge < -0.3 is 15.0 Å². The second-order valence-electron chi connectivity index (χ2n) is 8.04. The van der Waals surface area contributed by atoms with Gasteiger partial charge >= 0.3 is 6.36 Å². The molecule has 1 aromatic heterocycles. The van der Waals surface area contributed by atoms with E-state index in [2.05, 4.69) is 9.72 Å². The average Bonchev–Trinajstić information content (AvgIpc) is 3.27. The summed E-state index contributed by atoms with van der Waals surface area (Å²) in [6.07, 6.45) is 2.45. The van der Waals surface area contributed by atoms with Gasteiger partial charge in [0.15, 0.2) is 0 Å². The molecule has 1 amide bonds. The highest BCUT2D eigenvalue weighted by Gasteiger charge is 2.45. The first-order chi connectivity index (χ1) is 15.1. The van der Waals surface area contributed by atoms with Crippen molar-refractivity contribution in [3.05, 3.63) is 66.7 Å². The fraction of sp³-hybridized carbons (Fsp3) is 0.273. The van der Waals surface area contributed by atoms with Gasteiger partial charge in [0.25, 0.3) is 5.91 Å². The summed E-state index contributed by atoms with van der Waals surface area (Å²) < 4.78 is 42.9. The third-order valence-electron chi connectivity index (χ3n) is 5.51. The number of carbonyl (C=O) groups excluding carboxylic acids is 1. The molecule has 1 saturated carbocycles. The van der Waals surface area contributed by atoms with Crippen LogP contribution in [0.5, 0.6) is 5.75 Å². The molecule has 0 atom stereocenters. The van der Waals surface area contributed by atoms with Crippen LogP contribution >= 0.6 is 0 Å². The third kappa shape index (κ3) is 5.02. The van der Waals surface area contributed by atoms with Crippen LogP contribution in [0.2, 0.25) is 0 Å². The molecule has 7 nitrogen and oxygen atoms in total. The van der Waals surface area contributed by atoms with Crippen molar-refractivity contribution in [1.29, 1.82) is 0 Å². The van der Waals surface area contributed by atoms with Crippen molar-refractivity contribution in [3.8, 4) is 16.9 Å². The minimum Gasteiger partial charge on any atom is -0.406 e. The summed E-state index contributed by atoms with van der Waals surface area (Å²) in [6.45, 7) is 1.09. The van der Waals surface area contributed by atoms with Gasteiger partial charge in [0.2, 0.25) is 0 Å². The predicted octanol–water partition coefficient (Wildman–Crippen LogP) is 3.83.